The van der Waals surface area contributed by atoms with Crippen LogP contribution in [0.5, 0.6) is 0 Å². The van der Waals surface area contributed by atoms with Crippen LogP contribution in [0.4, 0.5) is 0 Å². The average Bonchev–Trinajstić information content (AvgIpc) is 2.74. The molecule has 0 amide bonds. The molecule has 0 aliphatic rings. The number of aromatic nitrogens is 4. The second-order valence-electron chi connectivity index (χ2n) is 3.17. The smallest absolute Gasteiger partial charge is 0.191 e. The number of H-pyrrole nitrogens is 1. The summed E-state index contributed by atoms with van der Waals surface area (Å²) in [6.07, 6.45) is 0.682. The van der Waals surface area contributed by atoms with Crippen molar-refractivity contribution >= 4 is 15.9 Å². The van der Waals surface area contributed by atoms with Crippen LogP contribution in [0.15, 0.2) is 28.7 Å². The van der Waals surface area contributed by atoms with Crippen LogP contribution in [0.1, 0.15) is 17.4 Å². The first kappa shape index (κ1) is 10.3. The Labute approximate surface area is 95.2 Å². The monoisotopic (exact) mass is 267 g/mol. The third kappa shape index (κ3) is 2.40. The first-order chi connectivity index (χ1) is 7.27. The summed E-state index contributed by atoms with van der Waals surface area (Å²) < 4.78 is 1.05. The Balaban J connectivity index is 2.13. The summed E-state index contributed by atoms with van der Waals surface area (Å²) in [5.74, 6) is 0.533. The van der Waals surface area contributed by atoms with E-state index >= 15 is 0 Å². The molecule has 15 heavy (non-hydrogen) atoms. The molecule has 2 rings (SSSR count). The molecular weight excluding hydrogens is 258 g/mol. The highest BCUT2D eigenvalue weighted by Gasteiger charge is 2.12. The molecular formula is C9H10BrN5. The lowest BCUT2D eigenvalue weighted by Crippen LogP contribution is -2.15. The number of rotatable bonds is 3. The van der Waals surface area contributed by atoms with Crippen molar-refractivity contribution in [3.8, 4) is 0 Å². The van der Waals surface area contributed by atoms with Crippen molar-refractivity contribution in [3.05, 3.63) is 40.1 Å². The summed E-state index contributed by atoms with van der Waals surface area (Å²) in [7, 11) is 0. The zero-order valence-corrected chi connectivity index (χ0v) is 9.48. The number of tetrazole rings is 1. The normalized spacial score (nSPS) is 12.7. The summed E-state index contributed by atoms with van der Waals surface area (Å²) in [5, 5.41) is 13.6. The zero-order valence-electron chi connectivity index (χ0n) is 7.89. The molecule has 0 unspecified atom stereocenters. The highest BCUT2D eigenvalue weighted by atomic mass is 79.9. The van der Waals surface area contributed by atoms with Crippen LogP contribution >= 0.6 is 15.9 Å². The van der Waals surface area contributed by atoms with E-state index in [9.17, 15) is 0 Å². The molecule has 0 aliphatic carbocycles. The molecule has 78 valence electrons. The molecule has 0 spiro atoms. The Morgan fingerprint density at radius 2 is 2.20 bits per heavy atom. The van der Waals surface area contributed by atoms with Crippen molar-refractivity contribution in [1.29, 1.82) is 0 Å². The van der Waals surface area contributed by atoms with E-state index in [0.29, 0.717) is 12.2 Å². The largest absolute Gasteiger partial charge is 0.321 e. The Kier molecular flexibility index (Phi) is 3.08. The number of benzene rings is 1. The van der Waals surface area contributed by atoms with Gasteiger partial charge >= 0.3 is 0 Å². The molecule has 6 heteroatoms. The highest BCUT2D eigenvalue weighted by molar-refractivity contribution is 9.10. The van der Waals surface area contributed by atoms with E-state index in [2.05, 4.69) is 36.6 Å². The van der Waals surface area contributed by atoms with Crippen LogP contribution in [0, 0.1) is 0 Å². The summed E-state index contributed by atoms with van der Waals surface area (Å²) in [4.78, 5) is 0. The van der Waals surface area contributed by atoms with Crippen LogP contribution in [0.2, 0.25) is 0 Å². The average molecular weight is 268 g/mol. The SMILES string of the molecule is N[C@H](Cc1ccccc1Br)c1nn[nH]n1. The van der Waals surface area contributed by atoms with Gasteiger partial charge in [0, 0.05) is 4.47 Å². The van der Waals surface area contributed by atoms with Crippen LogP contribution < -0.4 is 5.73 Å². The summed E-state index contributed by atoms with van der Waals surface area (Å²) >= 11 is 3.47. The quantitative estimate of drug-likeness (QED) is 0.876. The predicted octanol–water partition coefficient (Wildman–Crippen LogP) is 1.20. The van der Waals surface area contributed by atoms with Crippen molar-refractivity contribution in [2.45, 2.75) is 12.5 Å². The number of nitrogens with zero attached hydrogens (tertiary/aromatic N) is 3. The van der Waals surface area contributed by atoms with Gasteiger partial charge in [-0.05, 0) is 18.1 Å². The third-order valence-corrected chi connectivity index (χ3v) is 2.86. The summed E-state index contributed by atoms with van der Waals surface area (Å²) in [5.41, 5.74) is 7.07. The second-order valence-corrected chi connectivity index (χ2v) is 4.03. The Morgan fingerprint density at radius 1 is 1.40 bits per heavy atom. The standard InChI is InChI=1S/C9H10BrN5/c10-7-4-2-1-3-6(7)5-8(11)9-12-14-15-13-9/h1-4,8H,5,11H2,(H,12,13,14,15)/t8-/m1/s1. The van der Waals surface area contributed by atoms with Gasteiger partial charge in [0.2, 0.25) is 0 Å². The lowest BCUT2D eigenvalue weighted by Gasteiger charge is -2.08. The molecule has 0 saturated heterocycles. The van der Waals surface area contributed by atoms with Gasteiger partial charge in [0.05, 0.1) is 6.04 Å². The molecule has 1 aromatic heterocycles. The number of aromatic amines is 1. The number of hydrogen-bond donors (Lipinski definition) is 2. The van der Waals surface area contributed by atoms with Gasteiger partial charge < -0.3 is 5.73 Å². The molecule has 0 radical (unpaired) electrons. The van der Waals surface area contributed by atoms with Crippen molar-refractivity contribution in [1.82, 2.24) is 20.6 Å². The van der Waals surface area contributed by atoms with Gasteiger partial charge in [0.1, 0.15) is 0 Å². The zero-order chi connectivity index (χ0) is 10.7. The highest BCUT2D eigenvalue weighted by Crippen LogP contribution is 2.20. The minimum Gasteiger partial charge on any atom is -0.321 e. The van der Waals surface area contributed by atoms with Gasteiger partial charge in [0.25, 0.3) is 0 Å². The molecule has 3 N–H and O–H groups in total. The van der Waals surface area contributed by atoms with Crippen LogP contribution in [-0.4, -0.2) is 20.6 Å². The lowest BCUT2D eigenvalue weighted by atomic mass is 10.1. The van der Waals surface area contributed by atoms with Crippen LogP contribution in [-0.2, 0) is 6.42 Å². The maximum absolute atomic E-state index is 5.93. The molecule has 0 saturated carbocycles. The maximum Gasteiger partial charge on any atom is 0.191 e. The fourth-order valence-corrected chi connectivity index (χ4v) is 1.77. The Morgan fingerprint density at radius 3 is 2.87 bits per heavy atom. The van der Waals surface area contributed by atoms with E-state index in [1.54, 1.807) is 0 Å². The Bertz CT molecular complexity index is 428. The van der Waals surface area contributed by atoms with Gasteiger partial charge in [-0.25, -0.2) is 0 Å². The number of hydrogen-bond acceptors (Lipinski definition) is 4. The fraction of sp³-hybridized carbons (Fsp3) is 0.222. The molecule has 1 atom stereocenters. The first-order valence-corrected chi connectivity index (χ1v) is 5.29. The van der Waals surface area contributed by atoms with Gasteiger partial charge in [-0.1, -0.05) is 39.3 Å². The molecule has 5 nitrogen and oxygen atoms in total. The fourth-order valence-electron chi connectivity index (χ4n) is 1.32. The summed E-state index contributed by atoms with van der Waals surface area (Å²) in [6.45, 7) is 0. The molecule has 2 aromatic rings. The predicted molar refractivity (Wildman–Crippen MR) is 59.0 cm³/mol. The molecule has 0 fully saturated rings. The second kappa shape index (κ2) is 4.50. The van der Waals surface area contributed by atoms with Crippen molar-refractivity contribution in [2.24, 2.45) is 5.73 Å². The van der Waals surface area contributed by atoms with E-state index < -0.39 is 0 Å². The van der Waals surface area contributed by atoms with Crippen LogP contribution in [0.3, 0.4) is 0 Å². The van der Waals surface area contributed by atoms with E-state index in [4.69, 9.17) is 5.73 Å². The lowest BCUT2D eigenvalue weighted by molar-refractivity contribution is 0.667. The topological polar surface area (TPSA) is 80.5 Å². The Hall–Kier alpha value is -1.27. The van der Waals surface area contributed by atoms with Crippen molar-refractivity contribution in [3.63, 3.8) is 0 Å². The number of nitrogens with one attached hydrogen (secondary N) is 1. The minimum absolute atomic E-state index is 0.234. The van der Waals surface area contributed by atoms with Crippen molar-refractivity contribution < 1.29 is 0 Å². The molecule has 0 bridgehead atoms. The minimum atomic E-state index is -0.234. The molecule has 0 aliphatic heterocycles. The summed E-state index contributed by atoms with van der Waals surface area (Å²) in [6, 6.07) is 7.71. The first-order valence-electron chi connectivity index (χ1n) is 4.49. The van der Waals surface area contributed by atoms with Gasteiger partial charge in [0.15, 0.2) is 5.82 Å². The van der Waals surface area contributed by atoms with E-state index in [1.165, 1.54) is 0 Å². The van der Waals surface area contributed by atoms with Gasteiger partial charge in [-0.15, -0.1) is 10.2 Å². The van der Waals surface area contributed by atoms with Crippen LogP contribution in [0.25, 0.3) is 0 Å². The molecule has 1 aromatic carbocycles. The van der Waals surface area contributed by atoms with Crippen molar-refractivity contribution in [2.75, 3.05) is 0 Å². The van der Waals surface area contributed by atoms with E-state index in [0.717, 1.165) is 10.0 Å². The van der Waals surface area contributed by atoms with E-state index in [-0.39, 0.29) is 6.04 Å². The van der Waals surface area contributed by atoms with Gasteiger partial charge in [-0.2, -0.15) is 5.21 Å². The van der Waals surface area contributed by atoms with E-state index in [1.807, 2.05) is 24.3 Å². The molecule has 1 heterocycles. The maximum atomic E-state index is 5.93. The number of nitrogens with two attached hydrogens (primary N) is 1. The van der Waals surface area contributed by atoms with Gasteiger partial charge in [-0.3, -0.25) is 0 Å². The number of halogens is 1. The third-order valence-electron chi connectivity index (χ3n) is 2.09.